The van der Waals surface area contributed by atoms with Crippen molar-refractivity contribution in [2.45, 2.75) is 60.3 Å². The molecule has 0 atom stereocenters. The van der Waals surface area contributed by atoms with Gasteiger partial charge in [-0.1, -0.05) is 108 Å². The number of fused-ring (bicyclic) bond motifs is 3. The lowest BCUT2D eigenvalue weighted by Gasteiger charge is -2.30. The zero-order valence-electron chi connectivity index (χ0n) is 25.8. The molecule has 0 bridgehead atoms. The van der Waals surface area contributed by atoms with Gasteiger partial charge in [-0.2, -0.15) is 0 Å². The number of hydrogen-bond acceptors (Lipinski definition) is 0. The third kappa shape index (κ3) is 4.36. The highest BCUT2D eigenvalue weighted by atomic mass is 14.4. The highest BCUT2D eigenvalue weighted by molar-refractivity contribution is 5.83. The van der Waals surface area contributed by atoms with Crippen LogP contribution in [0.5, 0.6) is 0 Å². The molecule has 0 aliphatic heterocycles. The van der Waals surface area contributed by atoms with Crippen LogP contribution in [-0.2, 0) is 0 Å². The van der Waals surface area contributed by atoms with Crippen molar-refractivity contribution in [2.24, 2.45) is 5.92 Å². The molecule has 0 saturated heterocycles. The minimum atomic E-state index is 0.306. The second-order valence-corrected chi connectivity index (χ2v) is 12.9. The van der Waals surface area contributed by atoms with Gasteiger partial charge in [0.1, 0.15) is 0 Å². The molecule has 0 spiro atoms. The lowest BCUT2D eigenvalue weighted by molar-refractivity contribution is 0.613. The highest BCUT2D eigenvalue weighted by Gasteiger charge is 2.40. The Kier molecular flexibility index (Phi) is 6.54. The van der Waals surface area contributed by atoms with Crippen LogP contribution in [0.15, 0.2) is 108 Å². The number of benzene rings is 4. The Bertz CT molecular complexity index is 1750. The van der Waals surface area contributed by atoms with Crippen molar-refractivity contribution in [3.63, 3.8) is 0 Å². The van der Waals surface area contributed by atoms with E-state index in [1.54, 1.807) is 11.1 Å². The largest absolute Gasteiger partial charge is 0.0620 e. The van der Waals surface area contributed by atoms with Crippen LogP contribution >= 0.6 is 0 Å². The molecule has 0 amide bonds. The average molecular weight is 545 g/mol. The maximum atomic E-state index is 2.50. The van der Waals surface area contributed by atoms with E-state index in [9.17, 15) is 0 Å². The molecule has 3 aliphatic rings. The zero-order chi connectivity index (χ0) is 29.1. The number of hydrogen-bond donors (Lipinski definition) is 0. The molecule has 0 heteroatoms. The highest BCUT2D eigenvalue weighted by Crippen LogP contribution is 2.56. The molecule has 3 aliphatic carbocycles. The van der Waals surface area contributed by atoms with E-state index in [1.807, 2.05) is 0 Å². The van der Waals surface area contributed by atoms with Crippen molar-refractivity contribution in [1.82, 2.24) is 0 Å². The van der Waals surface area contributed by atoms with Crippen molar-refractivity contribution in [2.75, 3.05) is 0 Å². The fourth-order valence-electron chi connectivity index (χ4n) is 7.61. The van der Waals surface area contributed by atoms with Crippen molar-refractivity contribution < 1.29 is 0 Å². The Labute approximate surface area is 251 Å². The van der Waals surface area contributed by atoms with Gasteiger partial charge in [-0.15, -0.1) is 0 Å². The second-order valence-electron chi connectivity index (χ2n) is 12.9. The van der Waals surface area contributed by atoms with Crippen molar-refractivity contribution in [1.29, 1.82) is 0 Å². The lowest BCUT2D eigenvalue weighted by Crippen LogP contribution is -2.18. The van der Waals surface area contributed by atoms with Crippen molar-refractivity contribution in [3.8, 4) is 11.1 Å². The van der Waals surface area contributed by atoms with E-state index < -0.39 is 0 Å². The molecule has 0 nitrogen and oxygen atoms in total. The van der Waals surface area contributed by atoms with Crippen LogP contribution in [-0.4, -0.2) is 0 Å². The molecular formula is C42H40. The number of rotatable bonds is 5. The SMILES string of the molecule is Cc1cc2c(cc1C)C(C(C1=CC=C(c3ccccc3C)C1)C1=CC=C(c3ccccc3C)C1)c1cc(C)c(C)cc1-2. The van der Waals surface area contributed by atoms with E-state index in [0.29, 0.717) is 11.8 Å². The summed E-state index contributed by atoms with van der Waals surface area (Å²) in [4.78, 5) is 0. The van der Waals surface area contributed by atoms with Gasteiger partial charge in [-0.05, 0) is 132 Å². The Hall–Kier alpha value is -4.16. The minimum Gasteiger partial charge on any atom is -0.0620 e. The molecular weight excluding hydrogens is 504 g/mol. The Morgan fingerprint density at radius 3 is 1.29 bits per heavy atom. The summed E-state index contributed by atoms with van der Waals surface area (Å²) in [6, 6.07) is 27.6. The first-order valence-corrected chi connectivity index (χ1v) is 15.4. The van der Waals surface area contributed by atoms with Crippen LogP contribution in [0.1, 0.15) is 74.4 Å². The molecule has 208 valence electrons. The number of aryl methyl sites for hydroxylation is 6. The molecule has 0 radical (unpaired) electrons. The first kappa shape index (κ1) is 26.7. The maximum Gasteiger partial charge on any atom is 0.0205 e. The molecule has 0 unspecified atom stereocenters. The summed E-state index contributed by atoms with van der Waals surface area (Å²) in [6.45, 7) is 13.6. The fourth-order valence-corrected chi connectivity index (χ4v) is 7.61. The van der Waals surface area contributed by atoms with E-state index in [2.05, 4.69) is 139 Å². The quantitative estimate of drug-likeness (QED) is 0.234. The summed E-state index contributed by atoms with van der Waals surface area (Å²) in [5.74, 6) is 0.616. The van der Waals surface area contributed by atoms with E-state index >= 15 is 0 Å². The Morgan fingerprint density at radius 2 is 0.857 bits per heavy atom. The van der Waals surface area contributed by atoms with Gasteiger partial charge in [0.05, 0.1) is 0 Å². The van der Waals surface area contributed by atoms with E-state index in [4.69, 9.17) is 0 Å². The number of allylic oxidation sites excluding steroid dienone is 8. The summed E-state index contributed by atoms with van der Waals surface area (Å²) in [5, 5.41) is 0. The lowest BCUT2D eigenvalue weighted by atomic mass is 9.73. The van der Waals surface area contributed by atoms with Crippen LogP contribution in [0.2, 0.25) is 0 Å². The monoisotopic (exact) mass is 544 g/mol. The fraction of sp³-hybridized carbons (Fsp3) is 0.238. The summed E-state index contributed by atoms with van der Waals surface area (Å²) in [7, 11) is 0. The normalized spacial score (nSPS) is 15.9. The first-order chi connectivity index (χ1) is 20.3. The molecule has 0 saturated carbocycles. The summed E-state index contributed by atoms with van der Waals surface area (Å²) >= 11 is 0. The summed E-state index contributed by atoms with van der Waals surface area (Å²) < 4.78 is 0. The predicted molar refractivity (Wildman–Crippen MR) is 180 cm³/mol. The maximum absolute atomic E-state index is 2.50. The van der Waals surface area contributed by atoms with Gasteiger partial charge in [0, 0.05) is 11.8 Å². The zero-order valence-corrected chi connectivity index (χ0v) is 25.8. The Morgan fingerprint density at radius 1 is 0.452 bits per heavy atom. The molecule has 0 heterocycles. The Balaban J connectivity index is 1.35. The van der Waals surface area contributed by atoms with Crippen LogP contribution in [0, 0.1) is 47.5 Å². The van der Waals surface area contributed by atoms with Crippen LogP contribution in [0.25, 0.3) is 22.3 Å². The van der Waals surface area contributed by atoms with E-state index in [1.165, 1.54) is 77.9 Å². The van der Waals surface area contributed by atoms with E-state index in [0.717, 1.165) is 12.8 Å². The first-order valence-electron chi connectivity index (χ1n) is 15.4. The van der Waals surface area contributed by atoms with Crippen LogP contribution < -0.4 is 0 Å². The van der Waals surface area contributed by atoms with Gasteiger partial charge < -0.3 is 0 Å². The molecule has 0 N–H and O–H groups in total. The molecule has 4 aromatic rings. The second kappa shape index (κ2) is 10.3. The van der Waals surface area contributed by atoms with Gasteiger partial charge in [-0.25, -0.2) is 0 Å². The predicted octanol–water partition coefficient (Wildman–Crippen LogP) is 11.1. The molecule has 4 aromatic carbocycles. The summed E-state index contributed by atoms with van der Waals surface area (Å²) in [6.07, 6.45) is 11.7. The molecule has 42 heavy (non-hydrogen) atoms. The third-order valence-corrected chi connectivity index (χ3v) is 10.2. The minimum absolute atomic E-state index is 0.306. The van der Waals surface area contributed by atoms with Gasteiger partial charge >= 0.3 is 0 Å². The molecule has 0 fully saturated rings. The topological polar surface area (TPSA) is 0 Å². The van der Waals surface area contributed by atoms with Gasteiger partial charge in [0.25, 0.3) is 0 Å². The standard InChI is InChI=1S/C42H40/c1-25-11-7-9-13-35(25)31-15-17-33(23-31)41(34-18-16-32(24-34)36-14-10-8-12-26(36)2)42-39-21-29(5)27(3)19-37(39)38-20-28(4)30(6)22-40(38)42/h7-22,41-42H,23-24H2,1-6H3. The molecule has 0 aromatic heterocycles. The third-order valence-electron chi connectivity index (χ3n) is 10.2. The molecule has 7 rings (SSSR count). The van der Waals surface area contributed by atoms with Crippen LogP contribution in [0.3, 0.4) is 0 Å². The van der Waals surface area contributed by atoms with Gasteiger partial charge in [0.2, 0.25) is 0 Å². The van der Waals surface area contributed by atoms with Gasteiger partial charge in [-0.3, -0.25) is 0 Å². The van der Waals surface area contributed by atoms with Crippen molar-refractivity contribution in [3.05, 3.63) is 164 Å². The van der Waals surface area contributed by atoms with Crippen molar-refractivity contribution >= 4 is 11.1 Å². The van der Waals surface area contributed by atoms with Crippen LogP contribution in [0.4, 0.5) is 0 Å². The van der Waals surface area contributed by atoms with Gasteiger partial charge in [0.15, 0.2) is 0 Å². The smallest absolute Gasteiger partial charge is 0.0205 e. The average Bonchev–Trinajstić information content (AvgIpc) is 3.71. The summed E-state index contributed by atoms with van der Waals surface area (Å²) in [5.41, 5.74) is 22.8. The van der Waals surface area contributed by atoms with E-state index in [-0.39, 0.29) is 0 Å².